The van der Waals surface area contributed by atoms with Crippen molar-refractivity contribution in [2.24, 2.45) is 4.99 Å². The second-order valence-electron chi connectivity index (χ2n) is 6.01. The van der Waals surface area contributed by atoms with E-state index in [0.717, 1.165) is 11.3 Å². The highest BCUT2D eigenvalue weighted by Crippen LogP contribution is 2.21. The molecule has 3 rings (SSSR count). The average Bonchev–Trinajstić information content (AvgIpc) is 2.87. The third kappa shape index (κ3) is 3.80. The van der Waals surface area contributed by atoms with Crippen LogP contribution < -0.4 is 10.4 Å². The van der Waals surface area contributed by atoms with E-state index in [1.54, 1.807) is 17.7 Å². The molecule has 0 bridgehead atoms. The van der Waals surface area contributed by atoms with Crippen LogP contribution in [0.15, 0.2) is 44.9 Å². The van der Waals surface area contributed by atoms with Gasteiger partial charge in [0.25, 0.3) is 5.56 Å². The minimum atomic E-state index is -0.658. The lowest BCUT2D eigenvalue weighted by Gasteiger charge is -2.06. The second-order valence-corrected chi connectivity index (χ2v) is 6.97. The number of aromatic amines is 1. The number of hydrogen-bond donors (Lipinski definition) is 2. The van der Waals surface area contributed by atoms with Crippen molar-refractivity contribution in [1.29, 1.82) is 0 Å². The first-order valence-electron chi connectivity index (χ1n) is 7.95. The smallest absolute Gasteiger partial charge is 0.310 e. The van der Waals surface area contributed by atoms with Crippen LogP contribution in [-0.4, -0.2) is 25.6 Å². The number of hydrogen-bond acceptors (Lipinski definition) is 6. The van der Waals surface area contributed by atoms with Gasteiger partial charge in [-0.25, -0.2) is 9.67 Å². The van der Waals surface area contributed by atoms with Crippen LogP contribution in [-0.2, 0) is 6.54 Å². The zero-order valence-electron chi connectivity index (χ0n) is 14.6. The Labute approximate surface area is 153 Å². The van der Waals surface area contributed by atoms with Gasteiger partial charge < -0.3 is 5.11 Å². The molecular weight excluding hydrogens is 352 g/mol. The number of H-pyrrole nitrogens is 1. The molecule has 0 fully saturated rings. The SMILES string of the molecule is CC(=Nc1cc(C)nn1Cc1ccc(C)cc1)c1c(O)sc(=O)[nH]c1=O. The fraction of sp³-hybridized carbons (Fsp3) is 0.222. The van der Waals surface area contributed by atoms with E-state index in [1.165, 1.54) is 5.56 Å². The first kappa shape index (κ1) is 17.8. The molecule has 0 saturated heterocycles. The van der Waals surface area contributed by atoms with Gasteiger partial charge in [-0.1, -0.05) is 29.8 Å². The number of aromatic hydroxyl groups is 1. The van der Waals surface area contributed by atoms with E-state index >= 15 is 0 Å². The minimum absolute atomic E-state index is 0.00432. The Hall–Kier alpha value is -3.00. The molecular formula is C18H18N4O3S. The first-order valence-corrected chi connectivity index (χ1v) is 8.77. The lowest BCUT2D eigenvalue weighted by Crippen LogP contribution is -2.22. The number of rotatable bonds is 4. The van der Waals surface area contributed by atoms with E-state index in [9.17, 15) is 14.7 Å². The van der Waals surface area contributed by atoms with Crippen LogP contribution in [0.4, 0.5) is 5.82 Å². The highest BCUT2D eigenvalue weighted by atomic mass is 32.1. The summed E-state index contributed by atoms with van der Waals surface area (Å²) in [6, 6.07) is 9.91. The van der Waals surface area contributed by atoms with Crippen LogP contribution in [0, 0.1) is 13.8 Å². The molecule has 2 aromatic heterocycles. The van der Waals surface area contributed by atoms with Gasteiger partial charge in [0.2, 0.25) is 0 Å². The van der Waals surface area contributed by atoms with Gasteiger partial charge in [0.05, 0.1) is 18.0 Å². The molecule has 0 aliphatic carbocycles. The molecule has 0 spiro atoms. The highest BCUT2D eigenvalue weighted by molar-refractivity contribution is 7.11. The van der Waals surface area contributed by atoms with E-state index in [0.29, 0.717) is 29.4 Å². The topological polar surface area (TPSA) is 100 Å². The van der Waals surface area contributed by atoms with Gasteiger partial charge in [0.15, 0.2) is 10.9 Å². The van der Waals surface area contributed by atoms with Gasteiger partial charge in [-0.3, -0.25) is 14.6 Å². The maximum Gasteiger partial charge on any atom is 0.310 e. The van der Waals surface area contributed by atoms with Crippen molar-refractivity contribution in [1.82, 2.24) is 14.8 Å². The van der Waals surface area contributed by atoms with E-state index in [1.807, 2.05) is 38.1 Å². The zero-order valence-corrected chi connectivity index (χ0v) is 15.4. The third-order valence-electron chi connectivity index (χ3n) is 3.82. The van der Waals surface area contributed by atoms with Gasteiger partial charge in [-0.2, -0.15) is 5.10 Å². The number of aromatic nitrogens is 3. The molecule has 2 N–H and O–H groups in total. The Morgan fingerprint density at radius 1 is 1.27 bits per heavy atom. The summed E-state index contributed by atoms with van der Waals surface area (Å²) in [5.74, 6) is 0.565. The molecule has 0 saturated carbocycles. The quantitative estimate of drug-likeness (QED) is 0.689. The minimum Gasteiger partial charge on any atom is -0.499 e. The van der Waals surface area contributed by atoms with Crippen molar-refractivity contribution in [2.75, 3.05) is 0 Å². The Morgan fingerprint density at radius 3 is 2.62 bits per heavy atom. The standard InChI is InChI=1S/C18H18N4O3S/c1-10-4-6-13(7-5-10)9-22-14(8-11(2)21-22)19-12(3)15-16(23)20-18(25)26-17(15)24/h4-8,24H,9H2,1-3H3,(H,20,23,25). The number of benzene rings is 1. The van der Waals surface area contributed by atoms with Crippen LogP contribution in [0.5, 0.6) is 5.06 Å². The summed E-state index contributed by atoms with van der Waals surface area (Å²) >= 11 is 0.566. The van der Waals surface area contributed by atoms with Crippen molar-refractivity contribution in [3.8, 4) is 5.06 Å². The fourth-order valence-electron chi connectivity index (χ4n) is 2.57. The molecule has 1 aromatic carbocycles. The summed E-state index contributed by atoms with van der Waals surface area (Å²) in [6.45, 7) is 6.03. The molecule has 3 aromatic rings. The first-order chi connectivity index (χ1) is 12.3. The fourth-order valence-corrected chi connectivity index (χ4v) is 3.23. The summed E-state index contributed by atoms with van der Waals surface area (Å²) in [5.41, 5.74) is 2.69. The summed E-state index contributed by atoms with van der Waals surface area (Å²) in [7, 11) is 0. The summed E-state index contributed by atoms with van der Waals surface area (Å²) < 4.78 is 1.74. The monoisotopic (exact) mass is 370 g/mol. The number of nitrogens with one attached hydrogen (secondary N) is 1. The predicted molar refractivity (Wildman–Crippen MR) is 102 cm³/mol. The average molecular weight is 370 g/mol. The van der Waals surface area contributed by atoms with Crippen molar-refractivity contribution in [2.45, 2.75) is 27.3 Å². The molecule has 26 heavy (non-hydrogen) atoms. The van der Waals surface area contributed by atoms with Crippen LogP contribution in [0.1, 0.15) is 29.3 Å². The van der Waals surface area contributed by atoms with Crippen LogP contribution >= 0.6 is 11.3 Å². The zero-order chi connectivity index (χ0) is 18.8. The van der Waals surface area contributed by atoms with Gasteiger partial charge in [0, 0.05) is 6.07 Å². The van der Waals surface area contributed by atoms with Gasteiger partial charge in [-0.15, -0.1) is 0 Å². The normalized spacial score (nSPS) is 11.7. The lowest BCUT2D eigenvalue weighted by molar-refractivity contribution is 0.487. The van der Waals surface area contributed by atoms with Crippen molar-refractivity contribution < 1.29 is 5.11 Å². The summed E-state index contributed by atoms with van der Waals surface area (Å²) in [4.78, 5) is 29.3. The molecule has 134 valence electrons. The second kappa shape index (κ2) is 7.09. The lowest BCUT2D eigenvalue weighted by atomic mass is 10.1. The largest absolute Gasteiger partial charge is 0.499 e. The van der Waals surface area contributed by atoms with Crippen LogP contribution in [0.25, 0.3) is 0 Å². The van der Waals surface area contributed by atoms with Gasteiger partial charge in [-0.05, 0) is 37.7 Å². The Balaban J connectivity index is 2.00. The van der Waals surface area contributed by atoms with Crippen molar-refractivity contribution in [3.63, 3.8) is 0 Å². The van der Waals surface area contributed by atoms with E-state index in [2.05, 4.69) is 15.1 Å². The molecule has 7 nitrogen and oxygen atoms in total. The third-order valence-corrected chi connectivity index (χ3v) is 4.51. The molecule has 0 radical (unpaired) electrons. The van der Waals surface area contributed by atoms with Crippen molar-refractivity contribution in [3.05, 3.63) is 72.7 Å². The molecule has 0 aliphatic heterocycles. The van der Waals surface area contributed by atoms with E-state index in [-0.39, 0.29) is 10.6 Å². The summed E-state index contributed by atoms with van der Waals surface area (Å²) in [6.07, 6.45) is 0. The van der Waals surface area contributed by atoms with E-state index < -0.39 is 10.4 Å². The number of aliphatic imine (C=N–C) groups is 1. The van der Waals surface area contributed by atoms with Crippen LogP contribution in [0.3, 0.4) is 0 Å². The number of nitrogens with zero attached hydrogens (tertiary/aromatic N) is 3. The molecule has 8 heteroatoms. The van der Waals surface area contributed by atoms with E-state index in [4.69, 9.17) is 0 Å². The number of aryl methyl sites for hydroxylation is 2. The maximum absolute atomic E-state index is 12.0. The molecule has 0 atom stereocenters. The molecule has 2 heterocycles. The van der Waals surface area contributed by atoms with Gasteiger partial charge in [0.1, 0.15) is 5.56 Å². The Kier molecular flexibility index (Phi) is 4.85. The Bertz CT molecular complexity index is 1090. The van der Waals surface area contributed by atoms with Gasteiger partial charge >= 0.3 is 4.87 Å². The molecule has 0 aliphatic rings. The van der Waals surface area contributed by atoms with Crippen LogP contribution in [0.2, 0.25) is 0 Å². The van der Waals surface area contributed by atoms with Crippen molar-refractivity contribution >= 4 is 22.9 Å². The summed E-state index contributed by atoms with van der Waals surface area (Å²) in [5, 5.41) is 14.1. The highest BCUT2D eigenvalue weighted by Gasteiger charge is 2.14. The molecule has 0 unspecified atom stereocenters. The Morgan fingerprint density at radius 2 is 1.96 bits per heavy atom. The maximum atomic E-state index is 12.0. The molecule has 0 amide bonds. The predicted octanol–water partition coefficient (Wildman–Crippen LogP) is 2.50.